The van der Waals surface area contributed by atoms with Gasteiger partial charge in [0.05, 0.1) is 17.9 Å². The van der Waals surface area contributed by atoms with Crippen molar-refractivity contribution in [2.45, 2.75) is 20.8 Å². The summed E-state index contributed by atoms with van der Waals surface area (Å²) in [5.41, 5.74) is 3.61. The Bertz CT molecular complexity index is 1170. The molecule has 0 radical (unpaired) electrons. The van der Waals surface area contributed by atoms with Crippen molar-refractivity contribution in [3.8, 4) is 5.75 Å². The van der Waals surface area contributed by atoms with Gasteiger partial charge in [-0.15, -0.1) is 0 Å². The first-order chi connectivity index (χ1) is 15.5. The fraction of sp³-hybridized carbons (Fsp3) is 0.185. The standard InChI is InChI=1S/C27H26N2O3/c1-18(2)17-32-22-15-13-21(14-16-22)29-26(30)24(20-10-5-4-6-11-20)25(27(29)31)28-23-12-8-7-9-19(23)3/h4-16,18,28H,17H2,1-3H3. The Labute approximate surface area is 188 Å². The van der Waals surface area contributed by atoms with E-state index in [0.29, 0.717) is 35.1 Å². The summed E-state index contributed by atoms with van der Waals surface area (Å²) < 4.78 is 5.73. The SMILES string of the molecule is Cc1ccccc1NC1=C(c2ccccc2)C(=O)N(c2ccc(OCC(C)C)cc2)C1=O. The van der Waals surface area contributed by atoms with Gasteiger partial charge in [-0.1, -0.05) is 62.4 Å². The van der Waals surface area contributed by atoms with E-state index in [1.165, 1.54) is 4.90 Å². The van der Waals surface area contributed by atoms with Gasteiger partial charge in [0.2, 0.25) is 0 Å². The summed E-state index contributed by atoms with van der Waals surface area (Å²) in [4.78, 5) is 28.2. The van der Waals surface area contributed by atoms with Gasteiger partial charge in [0.15, 0.2) is 0 Å². The monoisotopic (exact) mass is 426 g/mol. The van der Waals surface area contributed by atoms with Crippen LogP contribution in [0.4, 0.5) is 11.4 Å². The van der Waals surface area contributed by atoms with Gasteiger partial charge in [-0.25, -0.2) is 4.90 Å². The first-order valence-electron chi connectivity index (χ1n) is 10.7. The molecule has 1 aliphatic rings. The number of aryl methyl sites for hydroxylation is 1. The summed E-state index contributed by atoms with van der Waals surface area (Å²) in [6.07, 6.45) is 0. The predicted molar refractivity (Wildman–Crippen MR) is 127 cm³/mol. The first-order valence-corrected chi connectivity index (χ1v) is 10.7. The van der Waals surface area contributed by atoms with Crippen molar-refractivity contribution in [1.82, 2.24) is 0 Å². The normalized spacial score (nSPS) is 13.8. The zero-order chi connectivity index (χ0) is 22.7. The molecule has 0 spiro atoms. The van der Waals surface area contributed by atoms with Gasteiger partial charge in [-0.3, -0.25) is 9.59 Å². The van der Waals surface area contributed by atoms with E-state index in [0.717, 1.165) is 11.3 Å². The van der Waals surface area contributed by atoms with Crippen LogP contribution in [0.15, 0.2) is 84.6 Å². The Morgan fingerprint density at radius 3 is 2.16 bits per heavy atom. The highest BCUT2D eigenvalue weighted by Crippen LogP contribution is 2.34. The Morgan fingerprint density at radius 1 is 0.844 bits per heavy atom. The predicted octanol–water partition coefficient (Wildman–Crippen LogP) is 5.43. The van der Waals surface area contributed by atoms with Gasteiger partial charge in [0.25, 0.3) is 11.8 Å². The summed E-state index contributed by atoms with van der Waals surface area (Å²) in [5.74, 6) is 0.376. The molecule has 1 N–H and O–H groups in total. The quantitative estimate of drug-likeness (QED) is 0.512. The van der Waals surface area contributed by atoms with Gasteiger partial charge < -0.3 is 10.1 Å². The van der Waals surface area contributed by atoms with E-state index >= 15 is 0 Å². The second kappa shape index (κ2) is 9.10. The number of nitrogens with one attached hydrogen (secondary N) is 1. The van der Waals surface area contributed by atoms with E-state index in [1.807, 2.05) is 61.5 Å². The minimum absolute atomic E-state index is 0.274. The van der Waals surface area contributed by atoms with E-state index in [1.54, 1.807) is 24.3 Å². The minimum atomic E-state index is -0.382. The molecule has 0 bridgehead atoms. The summed E-state index contributed by atoms with van der Waals surface area (Å²) in [7, 11) is 0. The molecule has 0 saturated carbocycles. The molecule has 4 rings (SSSR count). The van der Waals surface area contributed by atoms with Crippen molar-refractivity contribution in [3.05, 3.63) is 95.7 Å². The zero-order valence-electron chi connectivity index (χ0n) is 18.5. The lowest BCUT2D eigenvalue weighted by Crippen LogP contribution is -2.32. The average molecular weight is 427 g/mol. The van der Waals surface area contributed by atoms with Gasteiger partial charge in [-0.2, -0.15) is 0 Å². The van der Waals surface area contributed by atoms with Gasteiger partial charge >= 0.3 is 0 Å². The Balaban J connectivity index is 1.70. The lowest BCUT2D eigenvalue weighted by atomic mass is 10.0. The third-order valence-electron chi connectivity index (χ3n) is 5.23. The van der Waals surface area contributed by atoms with Crippen molar-refractivity contribution in [2.75, 3.05) is 16.8 Å². The largest absolute Gasteiger partial charge is 0.493 e. The summed E-state index contributed by atoms with van der Waals surface area (Å²) in [5, 5.41) is 3.22. The van der Waals surface area contributed by atoms with Crippen LogP contribution < -0.4 is 15.0 Å². The number of benzene rings is 3. The molecule has 32 heavy (non-hydrogen) atoms. The van der Waals surface area contributed by atoms with Crippen molar-refractivity contribution < 1.29 is 14.3 Å². The van der Waals surface area contributed by atoms with Crippen LogP contribution in [-0.4, -0.2) is 18.4 Å². The molecule has 3 aromatic carbocycles. The molecule has 162 valence electrons. The molecule has 0 saturated heterocycles. The molecule has 0 unspecified atom stereocenters. The van der Waals surface area contributed by atoms with Crippen LogP contribution >= 0.6 is 0 Å². The van der Waals surface area contributed by atoms with Crippen molar-refractivity contribution in [3.63, 3.8) is 0 Å². The van der Waals surface area contributed by atoms with Crippen molar-refractivity contribution >= 4 is 28.8 Å². The number of rotatable bonds is 7. The molecule has 0 fully saturated rings. The van der Waals surface area contributed by atoms with Crippen LogP contribution in [0.1, 0.15) is 25.0 Å². The topological polar surface area (TPSA) is 58.6 Å². The van der Waals surface area contributed by atoms with E-state index < -0.39 is 0 Å². The highest BCUT2D eigenvalue weighted by Gasteiger charge is 2.40. The van der Waals surface area contributed by atoms with Crippen LogP contribution in [0.2, 0.25) is 0 Å². The van der Waals surface area contributed by atoms with Crippen LogP contribution in [0.25, 0.3) is 5.57 Å². The molecule has 0 aromatic heterocycles. The molecule has 5 heteroatoms. The van der Waals surface area contributed by atoms with Gasteiger partial charge in [0.1, 0.15) is 11.4 Å². The fourth-order valence-corrected chi connectivity index (χ4v) is 3.55. The number of imide groups is 1. The fourth-order valence-electron chi connectivity index (χ4n) is 3.55. The summed E-state index contributed by atoms with van der Waals surface area (Å²) >= 11 is 0. The molecule has 0 aliphatic carbocycles. The smallest absolute Gasteiger partial charge is 0.282 e. The van der Waals surface area contributed by atoms with Gasteiger partial charge in [-0.05, 0) is 54.3 Å². The van der Waals surface area contributed by atoms with Crippen molar-refractivity contribution in [2.24, 2.45) is 5.92 Å². The van der Waals surface area contributed by atoms with Gasteiger partial charge in [0, 0.05) is 5.69 Å². The molecular formula is C27H26N2O3. The first kappa shape index (κ1) is 21.4. The number of amides is 2. The number of carbonyl (C=O) groups excluding carboxylic acids is 2. The van der Waals surface area contributed by atoms with E-state index in [9.17, 15) is 9.59 Å². The number of carbonyl (C=O) groups is 2. The molecular weight excluding hydrogens is 400 g/mol. The number of hydrogen-bond acceptors (Lipinski definition) is 4. The van der Waals surface area contributed by atoms with E-state index in [-0.39, 0.29) is 17.5 Å². The van der Waals surface area contributed by atoms with Crippen LogP contribution in [-0.2, 0) is 9.59 Å². The van der Waals surface area contributed by atoms with E-state index in [2.05, 4.69) is 19.2 Å². The van der Waals surface area contributed by atoms with Crippen LogP contribution in [0.3, 0.4) is 0 Å². The molecule has 1 aliphatic heterocycles. The summed E-state index contributed by atoms with van der Waals surface area (Å²) in [6.45, 7) is 6.72. The molecule has 3 aromatic rings. The molecule has 5 nitrogen and oxygen atoms in total. The third kappa shape index (κ3) is 4.28. The maximum Gasteiger partial charge on any atom is 0.282 e. The number of anilines is 2. The number of para-hydroxylation sites is 1. The lowest BCUT2D eigenvalue weighted by molar-refractivity contribution is -0.120. The van der Waals surface area contributed by atoms with Crippen LogP contribution in [0.5, 0.6) is 5.75 Å². The Morgan fingerprint density at radius 2 is 1.50 bits per heavy atom. The Kier molecular flexibility index (Phi) is 6.08. The lowest BCUT2D eigenvalue weighted by Gasteiger charge is -2.16. The number of ether oxygens (including phenoxy) is 1. The van der Waals surface area contributed by atoms with E-state index in [4.69, 9.17) is 4.74 Å². The Hall–Kier alpha value is -3.86. The third-order valence-corrected chi connectivity index (χ3v) is 5.23. The number of hydrogen-bond donors (Lipinski definition) is 1. The second-order valence-corrected chi connectivity index (χ2v) is 8.20. The summed E-state index contributed by atoms with van der Waals surface area (Å²) in [6, 6.07) is 24.0. The van der Waals surface area contributed by atoms with Crippen molar-refractivity contribution in [1.29, 1.82) is 0 Å². The molecule has 1 heterocycles. The van der Waals surface area contributed by atoms with Crippen LogP contribution in [0, 0.1) is 12.8 Å². The number of nitrogens with zero attached hydrogens (tertiary/aromatic N) is 1. The highest BCUT2D eigenvalue weighted by molar-refractivity contribution is 6.46. The maximum absolute atomic E-state index is 13.5. The maximum atomic E-state index is 13.5. The average Bonchev–Trinajstić information content (AvgIpc) is 3.04. The highest BCUT2D eigenvalue weighted by atomic mass is 16.5. The zero-order valence-corrected chi connectivity index (χ0v) is 18.5. The molecule has 2 amide bonds. The molecule has 0 atom stereocenters. The minimum Gasteiger partial charge on any atom is -0.493 e. The second-order valence-electron chi connectivity index (χ2n) is 8.20.